The summed E-state index contributed by atoms with van der Waals surface area (Å²) in [5.74, 6) is -0.460. The minimum absolute atomic E-state index is 0.133. The van der Waals surface area contributed by atoms with Crippen molar-refractivity contribution in [1.82, 2.24) is 10.2 Å². The van der Waals surface area contributed by atoms with Crippen LogP contribution in [0.5, 0.6) is 0 Å². The molecule has 1 rings (SSSR count). The number of amides is 2. The number of anilines is 1. The Bertz CT molecular complexity index is 527. The van der Waals surface area contributed by atoms with Crippen LogP contribution in [-0.4, -0.2) is 35.9 Å². The number of carbonyl (C=O) groups is 2. The number of nitrogens with zero attached hydrogens (tertiary/aromatic N) is 1. The van der Waals surface area contributed by atoms with Crippen molar-refractivity contribution in [2.24, 2.45) is 5.92 Å². The van der Waals surface area contributed by atoms with E-state index in [9.17, 15) is 9.59 Å². The Morgan fingerprint density at radius 1 is 1.20 bits per heavy atom. The van der Waals surface area contributed by atoms with E-state index in [1.165, 1.54) is 4.90 Å². The Balaban J connectivity index is 2.85. The lowest BCUT2D eigenvalue weighted by Crippen LogP contribution is -2.37. The highest BCUT2D eigenvalue weighted by Crippen LogP contribution is 2.16. The fraction of sp³-hybridized carbons (Fsp3) is 0.357. The monoisotopic (exact) mass is 293 g/mol. The van der Waals surface area contributed by atoms with Gasteiger partial charge in [-0.15, -0.1) is 0 Å². The van der Waals surface area contributed by atoms with E-state index < -0.39 is 0 Å². The van der Waals surface area contributed by atoms with Crippen molar-refractivity contribution in [3.63, 3.8) is 0 Å². The predicted molar refractivity (Wildman–Crippen MR) is 83.7 cm³/mol. The first-order chi connectivity index (χ1) is 9.32. The number of thiocarbonyl (C=S) groups is 1. The third kappa shape index (κ3) is 4.31. The van der Waals surface area contributed by atoms with Crippen LogP contribution in [0.3, 0.4) is 0 Å². The third-order valence-electron chi connectivity index (χ3n) is 2.57. The van der Waals surface area contributed by atoms with E-state index in [0.29, 0.717) is 11.3 Å². The topological polar surface area (TPSA) is 61.4 Å². The summed E-state index contributed by atoms with van der Waals surface area (Å²) in [6.45, 7) is 3.56. The molecular weight excluding hydrogens is 274 g/mol. The number of para-hydroxylation sites is 1. The maximum Gasteiger partial charge on any atom is 0.255 e. The van der Waals surface area contributed by atoms with Crippen LogP contribution >= 0.6 is 12.2 Å². The maximum absolute atomic E-state index is 12.0. The molecule has 2 amide bonds. The molecule has 20 heavy (non-hydrogen) atoms. The summed E-state index contributed by atoms with van der Waals surface area (Å²) in [5.41, 5.74) is 1.07. The molecule has 1 aromatic rings. The van der Waals surface area contributed by atoms with E-state index in [2.05, 4.69) is 10.6 Å². The van der Waals surface area contributed by atoms with E-state index in [-0.39, 0.29) is 22.8 Å². The molecule has 0 unspecified atom stereocenters. The molecule has 0 heterocycles. The van der Waals surface area contributed by atoms with Crippen LogP contribution < -0.4 is 10.6 Å². The molecule has 6 heteroatoms. The molecule has 0 aliphatic rings. The highest BCUT2D eigenvalue weighted by Gasteiger charge is 2.14. The van der Waals surface area contributed by atoms with Crippen LogP contribution in [0.4, 0.5) is 5.69 Å². The number of hydrogen-bond donors (Lipinski definition) is 2. The van der Waals surface area contributed by atoms with Gasteiger partial charge in [-0.2, -0.15) is 0 Å². The van der Waals surface area contributed by atoms with E-state index in [1.807, 2.05) is 0 Å². The van der Waals surface area contributed by atoms with E-state index >= 15 is 0 Å². The second kappa shape index (κ2) is 7.00. The van der Waals surface area contributed by atoms with Crippen molar-refractivity contribution in [2.75, 3.05) is 19.4 Å². The van der Waals surface area contributed by atoms with Gasteiger partial charge < -0.3 is 15.5 Å². The van der Waals surface area contributed by atoms with Gasteiger partial charge in [-0.25, -0.2) is 0 Å². The zero-order valence-electron chi connectivity index (χ0n) is 12.1. The number of nitrogens with one attached hydrogen (secondary N) is 2. The molecule has 0 fully saturated rings. The van der Waals surface area contributed by atoms with Crippen molar-refractivity contribution in [1.29, 1.82) is 0 Å². The molecule has 0 bridgehead atoms. The molecular formula is C14H19N3O2S. The first-order valence-electron chi connectivity index (χ1n) is 6.25. The molecule has 0 radical (unpaired) electrons. The molecule has 1 aromatic carbocycles. The van der Waals surface area contributed by atoms with Crippen LogP contribution in [0.15, 0.2) is 24.3 Å². The van der Waals surface area contributed by atoms with Crippen LogP contribution in [0, 0.1) is 5.92 Å². The second-order valence-electron chi connectivity index (χ2n) is 4.84. The van der Waals surface area contributed by atoms with Gasteiger partial charge in [0.1, 0.15) is 0 Å². The molecule has 0 saturated carbocycles. The molecule has 0 aliphatic carbocycles. The summed E-state index contributed by atoms with van der Waals surface area (Å²) in [6.07, 6.45) is 0. The average Bonchev–Trinajstić information content (AvgIpc) is 2.38. The Kier molecular flexibility index (Phi) is 5.64. The van der Waals surface area contributed by atoms with Gasteiger partial charge in [-0.1, -0.05) is 26.0 Å². The van der Waals surface area contributed by atoms with E-state index in [0.717, 1.165) is 0 Å². The van der Waals surface area contributed by atoms with Crippen molar-refractivity contribution >= 4 is 34.8 Å². The number of hydrogen-bond acceptors (Lipinski definition) is 3. The Morgan fingerprint density at radius 3 is 2.35 bits per heavy atom. The molecule has 0 spiro atoms. The smallest absolute Gasteiger partial charge is 0.255 e. The zero-order chi connectivity index (χ0) is 15.3. The van der Waals surface area contributed by atoms with Gasteiger partial charge in [-0.05, 0) is 24.4 Å². The van der Waals surface area contributed by atoms with Gasteiger partial charge in [0.2, 0.25) is 5.91 Å². The van der Waals surface area contributed by atoms with Crippen LogP contribution in [0.2, 0.25) is 0 Å². The van der Waals surface area contributed by atoms with Crippen LogP contribution in [0.25, 0.3) is 0 Å². The zero-order valence-corrected chi connectivity index (χ0v) is 12.9. The highest BCUT2D eigenvalue weighted by atomic mass is 32.1. The second-order valence-corrected chi connectivity index (χ2v) is 5.25. The lowest BCUT2D eigenvalue weighted by molar-refractivity contribution is -0.122. The predicted octanol–water partition coefficient (Wildman–Crippen LogP) is 1.86. The molecule has 0 aliphatic heterocycles. The number of carbonyl (C=O) groups excluding carboxylic acids is 2. The van der Waals surface area contributed by atoms with Crippen molar-refractivity contribution < 1.29 is 9.59 Å². The fourth-order valence-electron chi connectivity index (χ4n) is 1.43. The number of rotatable bonds is 3. The largest absolute Gasteiger partial charge is 0.345 e. The first-order valence-corrected chi connectivity index (χ1v) is 6.66. The SMILES string of the molecule is CC(C)C(=O)NC(=S)Nc1ccccc1C(=O)N(C)C. The lowest BCUT2D eigenvalue weighted by Gasteiger charge is -2.16. The maximum atomic E-state index is 12.0. The van der Waals surface area contributed by atoms with Crippen LogP contribution in [-0.2, 0) is 4.79 Å². The Morgan fingerprint density at radius 2 is 1.80 bits per heavy atom. The van der Waals surface area contributed by atoms with Gasteiger partial charge >= 0.3 is 0 Å². The van der Waals surface area contributed by atoms with Gasteiger partial charge in [-0.3, -0.25) is 9.59 Å². The van der Waals surface area contributed by atoms with E-state index in [4.69, 9.17) is 12.2 Å². The molecule has 2 N–H and O–H groups in total. The summed E-state index contributed by atoms with van der Waals surface area (Å²) >= 11 is 5.08. The summed E-state index contributed by atoms with van der Waals surface area (Å²) < 4.78 is 0. The van der Waals surface area contributed by atoms with Crippen molar-refractivity contribution in [3.05, 3.63) is 29.8 Å². The van der Waals surface area contributed by atoms with Crippen LogP contribution in [0.1, 0.15) is 24.2 Å². The summed E-state index contributed by atoms with van der Waals surface area (Å²) in [5, 5.41) is 5.65. The van der Waals surface area contributed by atoms with Gasteiger partial charge in [0.05, 0.1) is 11.3 Å². The van der Waals surface area contributed by atoms with Crippen molar-refractivity contribution in [3.8, 4) is 0 Å². The third-order valence-corrected chi connectivity index (χ3v) is 2.78. The fourth-order valence-corrected chi connectivity index (χ4v) is 1.64. The summed E-state index contributed by atoms with van der Waals surface area (Å²) in [7, 11) is 3.36. The molecule has 0 aromatic heterocycles. The van der Waals surface area contributed by atoms with Gasteiger partial charge in [0.15, 0.2) is 5.11 Å². The minimum Gasteiger partial charge on any atom is -0.345 e. The number of benzene rings is 1. The lowest BCUT2D eigenvalue weighted by atomic mass is 10.1. The Labute approximate surface area is 124 Å². The summed E-state index contributed by atoms with van der Waals surface area (Å²) in [6, 6.07) is 7.02. The average molecular weight is 293 g/mol. The van der Waals surface area contributed by atoms with Gasteiger partial charge in [0, 0.05) is 20.0 Å². The molecule has 5 nitrogen and oxygen atoms in total. The highest BCUT2D eigenvalue weighted by molar-refractivity contribution is 7.80. The summed E-state index contributed by atoms with van der Waals surface area (Å²) in [4.78, 5) is 25.1. The van der Waals surface area contributed by atoms with E-state index in [1.54, 1.807) is 52.2 Å². The van der Waals surface area contributed by atoms with Crippen molar-refractivity contribution in [2.45, 2.75) is 13.8 Å². The molecule has 0 atom stereocenters. The normalized spacial score (nSPS) is 10.1. The molecule has 108 valence electrons. The molecule has 0 saturated heterocycles. The quantitative estimate of drug-likeness (QED) is 0.835. The Hall–Kier alpha value is -1.95. The standard InChI is InChI=1S/C14H19N3O2S/c1-9(2)12(18)16-14(20)15-11-8-6-5-7-10(11)13(19)17(3)4/h5-9H,1-4H3,(H2,15,16,18,20). The first kappa shape index (κ1) is 16.1. The van der Waals surface area contributed by atoms with Gasteiger partial charge in [0.25, 0.3) is 5.91 Å². The minimum atomic E-state index is -0.168.